The van der Waals surface area contributed by atoms with E-state index in [1.807, 2.05) is 0 Å². The van der Waals surface area contributed by atoms with E-state index in [1.54, 1.807) is 7.05 Å². The number of fused-ring (bicyclic) bond motifs is 2. The number of nitrogens with one attached hydrogen (secondary N) is 1. The quantitative estimate of drug-likeness (QED) is 0.926. The molecular formula is C14H20ClN3O. The van der Waals surface area contributed by atoms with Crippen LogP contribution in [0.2, 0.25) is 5.02 Å². The highest BCUT2D eigenvalue weighted by atomic mass is 35.5. The normalized spacial score (nSPS) is 30.6. The molecule has 1 amide bonds. The maximum Gasteiger partial charge on any atom is 0.271 e. The SMILES string of the molecule is C[C@@H](NC(=O)c1c(Cl)cnn1C)[C@@H]1C[C@@H]2CC[C@@H]1C2. The van der Waals surface area contributed by atoms with Crippen molar-refractivity contribution < 1.29 is 4.79 Å². The van der Waals surface area contributed by atoms with Gasteiger partial charge in [0.2, 0.25) is 0 Å². The summed E-state index contributed by atoms with van der Waals surface area (Å²) in [6.07, 6.45) is 6.86. The Balaban J connectivity index is 1.67. The lowest BCUT2D eigenvalue weighted by Crippen LogP contribution is -2.40. The second-order valence-corrected chi connectivity index (χ2v) is 6.47. The smallest absolute Gasteiger partial charge is 0.271 e. The van der Waals surface area contributed by atoms with E-state index >= 15 is 0 Å². The minimum absolute atomic E-state index is 0.111. The number of carbonyl (C=O) groups excluding carboxylic acids is 1. The molecule has 2 aliphatic carbocycles. The fraction of sp³-hybridized carbons (Fsp3) is 0.714. The minimum Gasteiger partial charge on any atom is -0.348 e. The number of amides is 1. The largest absolute Gasteiger partial charge is 0.348 e. The average molecular weight is 282 g/mol. The molecule has 0 aliphatic heterocycles. The molecular weight excluding hydrogens is 262 g/mol. The van der Waals surface area contributed by atoms with Crippen molar-refractivity contribution in [3.8, 4) is 0 Å². The molecule has 0 aromatic carbocycles. The molecule has 104 valence electrons. The first kappa shape index (κ1) is 13.0. The first-order chi connectivity index (χ1) is 9.06. The van der Waals surface area contributed by atoms with Crippen LogP contribution in [-0.4, -0.2) is 21.7 Å². The summed E-state index contributed by atoms with van der Waals surface area (Å²) in [6, 6.07) is 0.216. The summed E-state index contributed by atoms with van der Waals surface area (Å²) < 4.78 is 1.53. The van der Waals surface area contributed by atoms with Crippen molar-refractivity contribution >= 4 is 17.5 Å². The lowest BCUT2D eigenvalue weighted by Gasteiger charge is -2.28. The number of aryl methyl sites for hydroxylation is 1. The molecule has 3 rings (SSSR count). The fourth-order valence-corrected chi connectivity index (χ4v) is 4.21. The monoisotopic (exact) mass is 281 g/mol. The third kappa shape index (κ3) is 2.27. The van der Waals surface area contributed by atoms with Gasteiger partial charge in [-0.1, -0.05) is 18.0 Å². The highest BCUT2D eigenvalue weighted by molar-refractivity contribution is 6.33. The average Bonchev–Trinajstić information content (AvgIpc) is 3.05. The molecule has 2 bridgehead atoms. The van der Waals surface area contributed by atoms with Gasteiger partial charge in [-0.15, -0.1) is 0 Å². The Morgan fingerprint density at radius 2 is 2.32 bits per heavy atom. The Hall–Kier alpha value is -1.03. The molecule has 2 saturated carbocycles. The summed E-state index contributed by atoms with van der Waals surface area (Å²) in [6.45, 7) is 2.12. The minimum atomic E-state index is -0.111. The summed E-state index contributed by atoms with van der Waals surface area (Å²) in [5.41, 5.74) is 0.455. The van der Waals surface area contributed by atoms with Crippen molar-refractivity contribution in [2.75, 3.05) is 0 Å². The van der Waals surface area contributed by atoms with Crippen molar-refractivity contribution in [1.29, 1.82) is 0 Å². The maximum absolute atomic E-state index is 12.3. The highest BCUT2D eigenvalue weighted by Crippen LogP contribution is 2.49. The van der Waals surface area contributed by atoms with Crippen molar-refractivity contribution in [3.63, 3.8) is 0 Å². The number of halogens is 1. The predicted octanol–water partition coefficient (Wildman–Crippen LogP) is 2.63. The molecule has 1 heterocycles. The highest BCUT2D eigenvalue weighted by Gasteiger charge is 2.42. The van der Waals surface area contributed by atoms with Gasteiger partial charge in [0.05, 0.1) is 11.2 Å². The molecule has 0 radical (unpaired) electrons. The first-order valence-corrected chi connectivity index (χ1v) is 7.42. The molecule has 5 heteroatoms. The molecule has 4 atom stereocenters. The van der Waals surface area contributed by atoms with E-state index in [0.717, 1.165) is 11.8 Å². The van der Waals surface area contributed by atoms with Gasteiger partial charge in [0, 0.05) is 13.1 Å². The third-order valence-corrected chi connectivity index (χ3v) is 5.18. The van der Waals surface area contributed by atoms with Crippen molar-refractivity contribution in [1.82, 2.24) is 15.1 Å². The standard InChI is InChI=1S/C14H20ClN3O/c1-8(11-6-9-3-4-10(11)5-9)17-14(19)13-12(15)7-16-18(13)2/h7-11H,3-6H2,1-2H3,(H,17,19)/t8-,9-,10-,11+/m1/s1. The van der Waals surface area contributed by atoms with Gasteiger partial charge in [-0.3, -0.25) is 9.48 Å². The van der Waals surface area contributed by atoms with Gasteiger partial charge >= 0.3 is 0 Å². The Kier molecular flexibility index (Phi) is 3.29. The summed E-state index contributed by atoms with van der Waals surface area (Å²) in [5.74, 6) is 2.23. The van der Waals surface area contributed by atoms with Gasteiger partial charge in [-0.05, 0) is 43.9 Å². The van der Waals surface area contributed by atoms with Crippen molar-refractivity contribution in [2.45, 2.75) is 38.6 Å². The Bertz CT molecular complexity index is 479. The zero-order valence-electron chi connectivity index (χ0n) is 11.4. The third-order valence-electron chi connectivity index (χ3n) is 4.90. The summed E-state index contributed by atoms with van der Waals surface area (Å²) >= 11 is 6.00. The van der Waals surface area contributed by atoms with Crippen LogP contribution in [0.5, 0.6) is 0 Å². The van der Waals surface area contributed by atoms with Crippen LogP contribution < -0.4 is 5.32 Å². The molecule has 1 aromatic rings. The maximum atomic E-state index is 12.3. The zero-order valence-corrected chi connectivity index (χ0v) is 12.2. The van der Waals surface area contributed by atoms with Crippen LogP contribution >= 0.6 is 11.6 Å². The van der Waals surface area contributed by atoms with Gasteiger partial charge < -0.3 is 5.32 Å². The Morgan fingerprint density at radius 3 is 2.84 bits per heavy atom. The van der Waals surface area contributed by atoms with Crippen LogP contribution in [0.4, 0.5) is 0 Å². The summed E-state index contributed by atoms with van der Waals surface area (Å²) in [7, 11) is 1.74. The zero-order chi connectivity index (χ0) is 13.6. The number of aromatic nitrogens is 2. The van der Waals surface area contributed by atoms with Crippen LogP contribution in [-0.2, 0) is 7.05 Å². The second-order valence-electron chi connectivity index (χ2n) is 6.07. The van der Waals surface area contributed by atoms with E-state index in [1.165, 1.54) is 36.6 Å². The molecule has 0 spiro atoms. The van der Waals surface area contributed by atoms with E-state index in [4.69, 9.17) is 11.6 Å². The van der Waals surface area contributed by atoms with E-state index in [2.05, 4.69) is 17.3 Å². The van der Waals surface area contributed by atoms with Crippen molar-refractivity contribution in [2.24, 2.45) is 24.8 Å². The molecule has 2 fully saturated rings. The van der Waals surface area contributed by atoms with Crippen molar-refractivity contribution in [3.05, 3.63) is 16.9 Å². The molecule has 2 aliphatic rings. The Morgan fingerprint density at radius 1 is 1.53 bits per heavy atom. The van der Waals surface area contributed by atoms with Crippen LogP contribution in [0.1, 0.15) is 43.1 Å². The van der Waals surface area contributed by atoms with Gasteiger partial charge in [-0.25, -0.2) is 0 Å². The van der Waals surface area contributed by atoms with Crippen LogP contribution in [0.15, 0.2) is 6.20 Å². The van der Waals surface area contributed by atoms with Gasteiger partial charge in [0.1, 0.15) is 5.69 Å². The summed E-state index contributed by atoms with van der Waals surface area (Å²) in [4.78, 5) is 12.3. The lowest BCUT2D eigenvalue weighted by molar-refractivity contribution is 0.0906. The number of hydrogen-bond donors (Lipinski definition) is 1. The molecule has 19 heavy (non-hydrogen) atoms. The van der Waals surface area contributed by atoms with Crippen LogP contribution in [0.25, 0.3) is 0 Å². The summed E-state index contributed by atoms with van der Waals surface area (Å²) in [5, 5.41) is 7.53. The van der Waals surface area contributed by atoms with Crippen LogP contribution in [0, 0.1) is 17.8 Å². The fourth-order valence-electron chi connectivity index (χ4n) is 3.95. The number of hydrogen-bond acceptors (Lipinski definition) is 2. The Labute approximate surface area is 118 Å². The van der Waals surface area contributed by atoms with E-state index in [-0.39, 0.29) is 11.9 Å². The number of carbonyl (C=O) groups is 1. The predicted molar refractivity (Wildman–Crippen MR) is 74.1 cm³/mol. The molecule has 0 unspecified atom stereocenters. The second kappa shape index (κ2) is 4.82. The molecule has 1 N–H and O–H groups in total. The van der Waals surface area contributed by atoms with Gasteiger partial charge in [-0.2, -0.15) is 5.10 Å². The number of rotatable bonds is 3. The molecule has 4 nitrogen and oxygen atoms in total. The van der Waals surface area contributed by atoms with Gasteiger partial charge in [0.15, 0.2) is 0 Å². The number of nitrogens with zero attached hydrogens (tertiary/aromatic N) is 2. The topological polar surface area (TPSA) is 46.9 Å². The van der Waals surface area contributed by atoms with E-state index in [9.17, 15) is 4.79 Å². The van der Waals surface area contributed by atoms with Gasteiger partial charge in [0.25, 0.3) is 5.91 Å². The van der Waals surface area contributed by atoms with Crippen LogP contribution in [0.3, 0.4) is 0 Å². The van der Waals surface area contributed by atoms with E-state index in [0.29, 0.717) is 16.6 Å². The molecule has 1 aromatic heterocycles. The van der Waals surface area contributed by atoms with E-state index < -0.39 is 0 Å². The first-order valence-electron chi connectivity index (χ1n) is 7.04. The lowest BCUT2D eigenvalue weighted by atomic mass is 9.84. The molecule has 0 saturated heterocycles.